The summed E-state index contributed by atoms with van der Waals surface area (Å²) in [5, 5.41) is 19.6. The number of ether oxygens (including phenoxy) is 2. The number of nitrogens with zero attached hydrogens (tertiary/aromatic N) is 5. The average molecular weight is 363 g/mol. The molecule has 2 fully saturated rings. The number of benzene rings is 1. The first-order chi connectivity index (χ1) is 12.5. The molecule has 0 spiro atoms. The lowest BCUT2D eigenvalue weighted by Gasteiger charge is -2.37. The topological polar surface area (TPSA) is 107 Å². The van der Waals surface area contributed by atoms with Crippen LogP contribution in [-0.2, 0) is 9.47 Å². The maximum Gasteiger partial charge on any atom is 0.323 e. The van der Waals surface area contributed by atoms with Gasteiger partial charge in [-0.25, -0.2) is 4.63 Å². The highest BCUT2D eigenvalue weighted by molar-refractivity contribution is 6.00. The van der Waals surface area contributed by atoms with E-state index >= 15 is 0 Å². The fourth-order valence-corrected chi connectivity index (χ4v) is 3.74. The highest BCUT2D eigenvalue weighted by atomic mass is 16.6. The molecule has 1 aromatic heterocycles. The van der Waals surface area contributed by atoms with Crippen molar-refractivity contribution in [3.63, 3.8) is 0 Å². The van der Waals surface area contributed by atoms with Crippen LogP contribution >= 0.6 is 0 Å². The monoisotopic (exact) mass is 363 g/mol. The summed E-state index contributed by atoms with van der Waals surface area (Å²) < 4.78 is 16.1. The Morgan fingerprint density at radius 2 is 1.73 bits per heavy atom. The zero-order chi connectivity index (χ0) is 18.3. The molecule has 2 saturated heterocycles. The SMILES string of the molecule is CC1CN(c2cc(N3CCOCC3)c([N+](=O)[O-])c3nonc23)CC(C)O1. The molecule has 2 unspecified atom stereocenters. The normalized spacial score (nSPS) is 24.2. The van der Waals surface area contributed by atoms with E-state index in [0.717, 1.165) is 5.69 Å². The zero-order valence-corrected chi connectivity index (χ0v) is 14.8. The van der Waals surface area contributed by atoms with Crippen LogP contribution in [0.3, 0.4) is 0 Å². The molecule has 26 heavy (non-hydrogen) atoms. The first-order valence-electron chi connectivity index (χ1n) is 8.71. The van der Waals surface area contributed by atoms with Crippen molar-refractivity contribution in [2.45, 2.75) is 26.1 Å². The molecular weight excluding hydrogens is 342 g/mol. The molecule has 1 aromatic carbocycles. The Hall–Kier alpha value is -2.46. The molecule has 10 nitrogen and oxygen atoms in total. The Morgan fingerprint density at radius 1 is 1.08 bits per heavy atom. The van der Waals surface area contributed by atoms with E-state index in [0.29, 0.717) is 50.6 Å². The van der Waals surface area contributed by atoms with Crippen molar-refractivity contribution in [1.82, 2.24) is 10.3 Å². The van der Waals surface area contributed by atoms with Crippen molar-refractivity contribution < 1.29 is 19.0 Å². The summed E-state index contributed by atoms with van der Waals surface area (Å²) in [6.45, 7) is 7.62. The molecule has 2 aliphatic heterocycles. The van der Waals surface area contributed by atoms with Crippen molar-refractivity contribution in [3.05, 3.63) is 16.2 Å². The third-order valence-corrected chi connectivity index (χ3v) is 4.77. The van der Waals surface area contributed by atoms with Gasteiger partial charge in [-0.05, 0) is 30.2 Å². The third-order valence-electron chi connectivity index (χ3n) is 4.77. The van der Waals surface area contributed by atoms with Crippen LogP contribution in [0.5, 0.6) is 0 Å². The predicted molar refractivity (Wildman–Crippen MR) is 93.7 cm³/mol. The van der Waals surface area contributed by atoms with Crippen LogP contribution in [-0.4, -0.2) is 66.8 Å². The summed E-state index contributed by atoms with van der Waals surface area (Å²) in [7, 11) is 0. The first-order valence-corrected chi connectivity index (χ1v) is 8.71. The van der Waals surface area contributed by atoms with E-state index in [-0.39, 0.29) is 23.4 Å². The van der Waals surface area contributed by atoms with Gasteiger partial charge in [0.1, 0.15) is 5.69 Å². The number of aromatic nitrogens is 2. The van der Waals surface area contributed by atoms with Gasteiger partial charge in [-0.2, -0.15) is 0 Å². The molecule has 10 heteroatoms. The van der Waals surface area contributed by atoms with Crippen molar-refractivity contribution in [2.24, 2.45) is 0 Å². The Morgan fingerprint density at radius 3 is 2.38 bits per heavy atom. The second kappa shape index (κ2) is 6.69. The number of nitro groups is 1. The van der Waals surface area contributed by atoms with Crippen molar-refractivity contribution >= 4 is 28.1 Å². The Kier molecular flexibility index (Phi) is 4.37. The van der Waals surface area contributed by atoms with Crippen molar-refractivity contribution in [3.8, 4) is 0 Å². The summed E-state index contributed by atoms with van der Waals surface area (Å²) in [5.41, 5.74) is 1.84. The molecule has 0 radical (unpaired) electrons. The molecule has 2 aliphatic rings. The first kappa shape index (κ1) is 17.0. The molecule has 2 aromatic rings. The van der Waals surface area contributed by atoms with Gasteiger partial charge in [0.2, 0.25) is 5.52 Å². The molecule has 2 atom stereocenters. The quantitative estimate of drug-likeness (QED) is 0.593. The average Bonchev–Trinajstić information content (AvgIpc) is 3.09. The van der Waals surface area contributed by atoms with Gasteiger partial charge in [-0.1, -0.05) is 0 Å². The maximum absolute atomic E-state index is 11.8. The molecule has 3 heterocycles. The third kappa shape index (κ3) is 2.95. The number of hydrogen-bond acceptors (Lipinski definition) is 9. The predicted octanol–water partition coefficient (Wildman–Crippen LogP) is 1.58. The van der Waals surface area contributed by atoms with Gasteiger partial charge in [-0.3, -0.25) is 10.1 Å². The maximum atomic E-state index is 11.8. The van der Waals surface area contributed by atoms with E-state index < -0.39 is 4.92 Å². The van der Waals surface area contributed by atoms with E-state index in [9.17, 15) is 10.1 Å². The lowest BCUT2D eigenvalue weighted by Crippen LogP contribution is -2.45. The van der Waals surface area contributed by atoms with Crippen LogP contribution in [0.25, 0.3) is 11.0 Å². The minimum atomic E-state index is -0.411. The van der Waals surface area contributed by atoms with Gasteiger partial charge in [0, 0.05) is 26.2 Å². The number of rotatable bonds is 3. The fourth-order valence-electron chi connectivity index (χ4n) is 3.74. The van der Waals surface area contributed by atoms with Crippen LogP contribution in [0, 0.1) is 10.1 Å². The van der Waals surface area contributed by atoms with Crippen molar-refractivity contribution in [1.29, 1.82) is 0 Å². The van der Waals surface area contributed by atoms with E-state index in [1.165, 1.54) is 0 Å². The van der Waals surface area contributed by atoms with Crippen molar-refractivity contribution in [2.75, 3.05) is 49.2 Å². The zero-order valence-electron chi connectivity index (χ0n) is 14.8. The second-order valence-corrected chi connectivity index (χ2v) is 6.74. The summed E-state index contributed by atoms with van der Waals surface area (Å²) in [5.74, 6) is 0. The minimum Gasteiger partial charge on any atom is -0.378 e. The van der Waals surface area contributed by atoms with Crippen LogP contribution in [0.1, 0.15) is 13.8 Å². The highest BCUT2D eigenvalue weighted by Gasteiger charge is 2.33. The number of morpholine rings is 2. The standard InChI is InChI=1S/C16H21N5O5/c1-10-8-20(9-11(2)25-10)12-7-13(19-3-5-24-6-4-19)16(21(22)23)15-14(12)17-26-18-15/h7,10-11H,3-6,8-9H2,1-2H3. The lowest BCUT2D eigenvalue weighted by atomic mass is 10.1. The van der Waals surface area contributed by atoms with E-state index in [4.69, 9.17) is 14.1 Å². The lowest BCUT2D eigenvalue weighted by molar-refractivity contribution is -0.382. The van der Waals surface area contributed by atoms with Gasteiger partial charge in [-0.15, -0.1) is 0 Å². The summed E-state index contributed by atoms with van der Waals surface area (Å²) in [6, 6.07) is 1.83. The fraction of sp³-hybridized carbons (Fsp3) is 0.625. The molecular formula is C16H21N5O5. The minimum absolute atomic E-state index is 0.0516. The Labute approximate surface area is 149 Å². The van der Waals surface area contributed by atoms with E-state index in [1.54, 1.807) is 0 Å². The van der Waals surface area contributed by atoms with E-state index in [1.807, 2.05) is 24.8 Å². The summed E-state index contributed by atoms with van der Waals surface area (Å²) in [4.78, 5) is 15.5. The number of anilines is 2. The van der Waals surface area contributed by atoms with Gasteiger partial charge in [0.25, 0.3) is 0 Å². The van der Waals surface area contributed by atoms with E-state index in [2.05, 4.69) is 15.2 Å². The molecule has 0 saturated carbocycles. The molecule has 4 rings (SSSR count). The van der Waals surface area contributed by atoms with Gasteiger partial charge in [0.15, 0.2) is 5.52 Å². The number of fused-ring (bicyclic) bond motifs is 1. The molecule has 0 N–H and O–H groups in total. The molecule has 140 valence electrons. The van der Waals surface area contributed by atoms with Gasteiger partial charge >= 0.3 is 5.69 Å². The van der Waals surface area contributed by atoms with Crippen LogP contribution < -0.4 is 9.80 Å². The van der Waals surface area contributed by atoms with Gasteiger partial charge in [0.05, 0.1) is 36.0 Å². The van der Waals surface area contributed by atoms with Gasteiger partial charge < -0.3 is 19.3 Å². The largest absolute Gasteiger partial charge is 0.378 e. The smallest absolute Gasteiger partial charge is 0.323 e. The van der Waals surface area contributed by atoms with Crippen LogP contribution in [0.15, 0.2) is 10.7 Å². The molecule has 0 aliphatic carbocycles. The van der Waals surface area contributed by atoms with Crippen LogP contribution in [0.4, 0.5) is 17.1 Å². The number of hydrogen-bond donors (Lipinski definition) is 0. The Bertz CT molecular complexity index is 809. The van der Waals surface area contributed by atoms with Crippen LogP contribution in [0.2, 0.25) is 0 Å². The number of nitro benzene ring substituents is 1. The summed E-state index contributed by atoms with van der Waals surface area (Å²) in [6.07, 6.45) is 0.103. The molecule has 0 bridgehead atoms. The highest BCUT2D eigenvalue weighted by Crippen LogP contribution is 2.41. The second-order valence-electron chi connectivity index (χ2n) is 6.74. The summed E-state index contributed by atoms with van der Waals surface area (Å²) >= 11 is 0. The molecule has 0 amide bonds. The Balaban J connectivity index is 1.86.